The monoisotopic (exact) mass is 368 g/mol. The molecule has 0 bridgehead atoms. The SMILES string of the molecule is O=C(Nc1cc(Br)cnc1Cl)C1Cc2ccccc2S1. The van der Waals surface area contributed by atoms with Gasteiger partial charge in [-0.2, -0.15) is 0 Å². The fourth-order valence-corrected chi connectivity index (χ4v) is 3.73. The number of thioether (sulfide) groups is 1. The van der Waals surface area contributed by atoms with Crippen LogP contribution in [0.2, 0.25) is 5.15 Å². The number of amides is 1. The van der Waals surface area contributed by atoms with Crippen LogP contribution < -0.4 is 5.32 Å². The zero-order chi connectivity index (χ0) is 14.1. The normalized spacial score (nSPS) is 16.8. The molecule has 1 aromatic carbocycles. The molecule has 3 nitrogen and oxygen atoms in total. The molecule has 1 aliphatic rings. The van der Waals surface area contributed by atoms with Crippen LogP contribution in [0.4, 0.5) is 5.69 Å². The molecule has 1 aliphatic heterocycles. The number of nitrogens with one attached hydrogen (secondary N) is 1. The molecule has 3 rings (SSSR count). The molecule has 0 saturated carbocycles. The van der Waals surface area contributed by atoms with Crippen LogP contribution in [0.1, 0.15) is 5.56 Å². The lowest BCUT2D eigenvalue weighted by Crippen LogP contribution is -2.24. The van der Waals surface area contributed by atoms with E-state index in [0.717, 1.165) is 10.9 Å². The van der Waals surface area contributed by atoms with Crippen LogP contribution >= 0.6 is 39.3 Å². The predicted molar refractivity (Wildman–Crippen MR) is 85.4 cm³/mol. The largest absolute Gasteiger partial charge is 0.322 e. The molecule has 1 aromatic heterocycles. The molecule has 20 heavy (non-hydrogen) atoms. The minimum Gasteiger partial charge on any atom is -0.322 e. The van der Waals surface area contributed by atoms with Crippen molar-refractivity contribution < 1.29 is 4.79 Å². The van der Waals surface area contributed by atoms with Crippen molar-refractivity contribution in [2.24, 2.45) is 0 Å². The van der Waals surface area contributed by atoms with Crippen molar-refractivity contribution in [1.82, 2.24) is 4.98 Å². The number of pyridine rings is 1. The number of carbonyl (C=O) groups is 1. The Balaban J connectivity index is 1.74. The van der Waals surface area contributed by atoms with E-state index >= 15 is 0 Å². The Labute approximate surface area is 134 Å². The van der Waals surface area contributed by atoms with Crippen LogP contribution in [0.5, 0.6) is 0 Å². The lowest BCUT2D eigenvalue weighted by molar-refractivity contribution is -0.115. The Morgan fingerprint density at radius 1 is 1.45 bits per heavy atom. The number of fused-ring (bicyclic) bond motifs is 1. The third-order valence-corrected chi connectivity index (χ3v) is 5.06. The number of benzene rings is 1. The van der Waals surface area contributed by atoms with Crippen LogP contribution in [-0.2, 0) is 11.2 Å². The smallest absolute Gasteiger partial charge is 0.238 e. The highest BCUT2D eigenvalue weighted by atomic mass is 79.9. The summed E-state index contributed by atoms with van der Waals surface area (Å²) in [5, 5.41) is 3.01. The molecule has 2 aromatic rings. The summed E-state index contributed by atoms with van der Waals surface area (Å²) in [5.74, 6) is -0.0481. The van der Waals surface area contributed by atoms with Gasteiger partial charge >= 0.3 is 0 Å². The van der Waals surface area contributed by atoms with Gasteiger partial charge in [0, 0.05) is 15.6 Å². The molecule has 0 aliphatic carbocycles. The van der Waals surface area contributed by atoms with E-state index in [1.165, 1.54) is 10.5 Å². The Morgan fingerprint density at radius 3 is 3.05 bits per heavy atom. The second-order valence-corrected chi connectivity index (χ2v) is 6.92. The summed E-state index contributed by atoms with van der Waals surface area (Å²) in [7, 11) is 0. The molecular formula is C14H10BrClN2OS. The van der Waals surface area contributed by atoms with Gasteiger partial charge in [0.05, 0.1) is 10.9 Å². The zero-order valence-electron chi connectivity index (χ0n) is 10.3. The van der Waals surface area contributed by atoms with Crippen molar-refractivity contribution in [2.75, 3.05) is 5.32 Å². The van der Waals surface area contributed by atoms with Crippen molar-refractivity contribution in [3.8, 4) is 0 Å². The number of halogens is 2. The van der Waals surface area contributed by atoms with Crippen molar-refractivity contribution in [3.63, 3.8) is 0 Å². The van der Waals surface area contributed by atoms with Crippen molar-refractivity contribution in [3.05, 3.63) is 51.7 Å². The van der Waals surface area contributed by atoms with Gasteiger partial charge in [-0.15, -0.1) is 11.8 Å². The average Bonchev–Trinajstić information content (AvgIpc) is 2.87. The molecule has 0 spiro atoms. The summed E-state index contributed by atoms with van der Waals surface area (Å²) < 4.78 is 0.777. The first kappa shape index (κ1) is 13.9. The Hall–Kier alpha value is -1.04. The summed E-state index contributed by atoms with van der Waals surface area (Å²) >= 11 is 10.9. The van der Waals surface area contributed by atoms with Gasteiger partial charge < -0.3 is 5.32 Å². The summed E-state index contributed by atoms with van der Waals surface area (Å²) in [6.07, 6.45) is 2.34. The maximum Gasteiger partial charge on any atom is 0.238 e. The van der Waals surface area contributed by atoms with E-state index in [2.05, 4.69) is 32.3 Å². The molecular weight excluding hydrogens is 360 g/mol. The highest BCUT2D eigenvalue weighted by Crippen LogP contribution is 2.37. The Bertz CT molecular complexity index is 655. The van der Waals surface area contributed by atoms with E-state index in [0.29, 0.717) is 10.8 Å². The van der Waals surface area contributed by atoms with E-state index in [4.69, 9.17) is 11.6 Å². The minimum atomic E-state index is -0.123. The fraction of sp³-hybridized carbons (Fsp3) is 0.143. The summed E-state index contributed by atoms with van der Waals surface area (Å²) in [5.41, 5.74) is 1.75. The van der Waals surface area contributed by atoms with Crippen molar-refractivity contribution >= 4 is 50.9 Å². The third kappa shape index (κ3) is 2.85. The number of aromatic nitrogens is 1. The first-order valence-corrected chi connectivity index (χ1v) is 8.05. The molecule has 1 atom stereocenters. The number of carbonyl (C=O) groups excluding carboxylic acids is 1. The maximum atomic E-state index is 12.3. The quantitative estimate of drug-likeness (QED) is 0.809. The second-order valence-electron chi connectivity index (χ2n) is 4.40. The van der Waals surface area contributed by atoms with Gasteiger partial charge in [-0.25, -0.2) is 4.98 Å². The van der Waals surface area contributed by atoms with Crippen LogP contribution in [0, 0.1) is 0 Å². The molecule has 1 N–H and O–H groups in total. The lowest BCUT2D eigenvalue weighted by atomic mass is 10.1. The van der Waals surface area contributed by atoms with Gasteiger partial charge in [-0.3, -0.25) is 4.79 Å². The minimum absolute atomic E-state index is 0.0481. The predicted octanol–water partition coefficient (Wildman–Crippen LogP) is 4.15. The number of nitrogens with zero attached hydrogens (tertiary/aromatic N) is 1. The van der Waals surface area contributed by atoms with Gasteiger partial charge in [0.15, 0.2) is 5.15 Å². The molecule has 6 heteroatoms. The molecule has 0 fully saturated rings. The van der Waals surface area contributed by atoms with Crippen LogP contribution in [-0.4, -0.2) is 16.1 Å². The van der Waals surface area contributed by atoms with Gasteiger partial charge in [0.2, 0.25) is 5.91 Å². The van der Waals surface area contributed by atoms with Gasteiger partial charge in [-0.1, -0.05) is 29.8 Å². The van der Waals surface area contributed by atoms with Gasteiger partial charge in [-0.05, 0) is 40.0 Å². The highest BCUT2D eigenvalue weighted by Gasteiger charge is 2.28. The lowest BCUT2D eigenvalue weighted by Gasteiger charge is -2.11. The molecule has 0 saturated heterocycles. The van der Waals surface area contributed by atoms with Gasteiger partial charge in [0.25, 0.3) is 0 Å². The second kappa shape index (κ2) is 5.76. The molecule has 1 amide bonds. The standard InChI is InChI=1S/C14H10BrClN2OS/c15-9-6-10(13(16)17-7-9)18-14(19)12-5-8-3-1-2-4-11(8)20-12/h1-4,6-7,12H,5H2,(H,18,19). The molecule has 102 valence electrons. The van der Waals surface area contributed by atoms with Crippen LogP contribution in [0.15, 0.2) is 45.9 Å². The first-order valence-electron chi connectivity index (χ1n) is 6.00. The van der Waals surface area contributed by atoms with E-state index in [9.17, 15) is 4.79 Å². The summed E-state index contributed by atoms with van der Waals surface area (Å²) in [6, 6.07) is 9.83. The fourth-order valence-electron chi connectivity index (χ4n) is 2.05. The molecule has 1 unspecified atom stereocenters. The number of hydrogen-bond donors (Lipinski definition) is 1. The van der Waals surface area contributed by atoms with Crippen molar-refractivity contribution in [1.29, 1.82) is 0 Å². The third-order valence-electron chi connectivity index (χ3n) is 3.00. The zero-order valence-corrected chi connectivity index (χ0v) is 13.4. The topological polar surface area (TPSA) is 42.0 Å². The highest BCUT2D eigenvalue weighted by molar-refractivity contribution is 9.10. The van der Waals surface area contributed by atoms with E-state index in [-0.39, 0.29) is 11.2 Å². The number of rotatable bonds is 2. The Kier molecular flexibility index (Phi) is 4.01. The van der Waals surface area contributed by atoms with E-state index in [1.54, 1.807) is 24.0 Å². The number of hydrogen-bond acceptors (Lipinski definition) is 3. The number of anilines is 1. The summed E-state index contributed by atoms with van der Waals surface area (Å²) in [4.78, 5) is 17.5. The van der Waals surface area contributed by atoms with Crippen LogP contribution in [0.25, 0.3) is 0 Å². The maximum absolute atomic E-state index is 12.3. The van der Waals surface area contributed by atoms with E-state index in [1.807, 2.05) is 18.2 Å². The van der Waals surface area contributed by atoms with Crippen molar-refractivity contribution in [2.45, 2.75) is 16.6 Å². The van der Waals surface area contributed by atoms with Gasteiger partial charge in [0.1, 0.15) is 0 Å². The molecule has 0 radical (unpaired) electrons. The molecule has 2 heterocycles. The summed E-state index contributed by atoms with van der Waals surface area (Å²) in [6.45, 7) is 0. The Morgan fingerprint density at radius 2 is 2.25 bits per heavy atom. The average molecular weight is 370 g/mol. The van der Waals surface area contributed by atoms with Crippen LogP contribution in [0.3, 0.4) is 0 Å². The van der Waals surface area contributed by atoms with E-state index < -0.39 is 0 Å². The first-order chi connectivity index (χ1) is 9.63.